The molecule has 0 bridgehead atoms. The lowest BCUT2D eigenvalue weighted by molar-refractivity contribution is -0.140. The van der Waals surface area contributed by atoms with Gasteiger partial charge in [-0.2, -0.15) is 5.10 Å². The molecule has 1 N–H and O–H groups in total. The molecule has 1 unspecified atom stereocenters. The molecule has 0 amide bonds. The minimum atomic E-state index is -0.978. The Morgan fingerprint density at radius 2 is 2.06 bits per heavy atom. The smallest absolute Gasteiger partial charge is 0.341 e. The lowest BCUT2D eigenvalue weighted by Crippen LogP contribution is -2.23. The molecule has 6 heteroatoms. The summed E-state index contributed by atoms with van der Waals surface area (Å²) < 4.78 is 6.02. The summed E-state index contributed by atoms with van der Waals surface area (Å²) >= 11 is 0. The normalized spacial score (nSPS) is 12.5. The molecule has 17 heavy (non-hydrogen) atoms. The fourth-order valence-corrected chi connectivity index (χ4v) is 1.80. The van der Waals surface area contributed by atoms with E-state index < -0.39 is 17.9 Å². The van der Waals surface area contributed by atoms with Gasteiger partial charge >= 0.3 is 11.9 Å². The highest BCUT2D eigenvalue weighted by molar-refractivity contribution is 5.92. The van der Waals surface area contributed by atoms with Crippen LogP contribution in [0.5, 0.6) is 0 Å². The summed E-state index contributed by atoms with van der Waals surface area (Å²) in [4.78, 5) is 22.8. The molecular weight excluding hydrogens is 224 g/mol. The Labute approximate surface area is 99.2 Å². The largest absolute Gasteiger partial charge is 0.481 e. The summed E-state index contributed by atoms with van der Waals surface area (Å²) in [5.74, 6) is -2.48. The first-order chi connectivity index (χ1) is 7.90. The molecule has 1 atom stereocenters. The van der Waals surface area contributed by atoms with Crippen molar-refractivity contribution in [2.75, 3.05) is 7.11 Å². The minimum Gasteiger partial charge on any atom is -0.481 e. The molecule has 6 nitrogen and oxygen atoms in total. The van der Waals surface area contributed by atoms with Crippen LogP contribution in [0.25, 0.3) is 0 Å². The summed E-state index contributed by atoms with van der Waals surface area (Å²) in [5, 5.41) is 13.1. The number of hydrogen-bond donors (Lipinski definition) is 1. The maximum Gasteiger partial charge on any atom is 0.341 e. The van der Waals surface area contributed by atoms with Gasteiger partial charge < -0.3 is 9.84 Å². The van der Waals surface area contributed by atoms with Crippen LogP contribution in [-0.4, -0.2) is 33.9 Å². The van der Waals surface area contributed by atoms with E-state index in [1.165, 1.54) is 18.0 Å². The maximum absolute atomic E-state index is 11.5. The number of aliphatic carboxylic acids is 1. The molecule has 0 saturated carbocycles. The van der Waals surface area contributed by atoms with Gasteiger partial charge in [0, 0.05) is 7.05 Å². The lowest BCUT2D eigenvalue weighted by Gasteiger charge is -2.17. The third-order valence-corrected chi connectivity index (χ3v) is 2.62. The number of aromatic nitrogens is 2. The minimum absolute atomic E-state index is 0.147. The number of hydrogen-bond acceptors (Lipinski definition) is 4. The van der Waals surface area contributed by atoms with E-state index >= 15 is 0 Å². The standard InChI is InChI=1S/C11H16N2O4/c1-6(2)8(10(14)15)9-7(11(16)17-4)5-12-13(9)3/h5-6,8H,1-4H3,(H,14,15). The van der Waals surface area contributed by atoms with Crippen LogP contribution in [-0.2, 0) is 16.6 Å². The first-order valence-electron chi connectivity index (χ1n) is 5.23. The Bertz CT molecular complexity index is 437. The summed E-state index contributed by atoms with van der Waals surface area (Å²) in [6.45, 7) is 3.57. The van der Waals surface area contributed by atoms with Crippen molar-refractivity contribution in [1.82, 2.24) is 9.78 Å². The molecule has 0 fully saturated rings. The van der Waals surface area contributed by atoms with Crippen molar-refractivity contribution in [2.24, 2.45) is 13.0 Å². The van der Waals surface area contributed by atoms with E-state index in [1.54, 1.807) is 20.9 Å². The Hall–Kier alpha value is -1.85. The second kappa shape index (κ2) is 4.99. The summed E-state index contributed by atoms with van der Waals surface area (Å²) in [6.07, 6.45) is 1.33. The highest BCUT2D eigenvalue weighted by Gasteiger charge is 2.31. The lowest BCUT2D eigenvalue weighted by atomic mass is 9.90. The zero-order chi connectivity index (χ0) is 13.2. The Kier molecular flexibility index (Phi) is 3.88. The monoisotopic (exact) mass is 240 g/mol. The van der Waals surface area contributed by atoms with Crippen LogP contribution in [0.15, 0.2) is 6.20 Å². The van der Waals surface area contributed by atoms with E-state index in [4.69, 9.17) is 0 Å². The second-order valence-electron chi connectivity index (χ2n) is 4.12. The molecule has 0 aliphatic rings. The van der Waals surface area contributed by atoms with E-state index in [0.29, 0.717) is 5.69 Å². The maximum atomic E-state index is 11.5. The van der Waals surface area contributed by atoms with Gasteiger partial charge in [-0.05, 0) is 5.92 Å². The molecule has 1 heterocycles. The van der Waals surface area contributed by atoms with Gasteiger partial charge in [-0.15, -0.1) is 0 Å². The fraction of sp³-hybridized carbons (Fsp3) is 0.545. The number of rotatable bonds is 4. The topological polar surface area (TPSA) is 81.4 Å². The van der Waals surface area contributed by atoms with Crippen LogP contribution in [0.4, 0.5) is 0 Å². The van der Waals surface area contributed by atoms with Crippen LogP contribution < -0.4 is 0 Å². The van der Waals surface area contributed by atoms with Gasteiger partial charge in [0.25, 0.3) is 0 Å². The van der Waals surface area contributed by atoms with Crippen LogP contribution in [0, 0.1) is 5.92 Å². The number of carbonyl (C=O) groups excluding carboxylic acids is 1. The zero-order valence-electron chi connectivity index (χ0n) is 10.3. The first-order valence-corrected chi connectivity index (χ1v) is 5.23. The van der Waals surface area contributed by atoms with Gasteiger partial charge in [-0.25, -0.2) is 4.79 Å². The number of carboxylic acids is 1. The summed E-state index contributed by atoms with van der Waals surface area (Å²) in [5.41, 5.74) is 0.579. The van der Waals surface area contributed by atoms with Crippen molar-refractivity contribution in [3.8, 4) is 0 Å². The molecule has 1 rings (SSSR count). The van der Waals surface area contributed by atoms with E-state index in [0.717, 1.165) is 0 Å². The third-order valence-electron chi connectivity index (χ3n) is 2.62. The van der Waals surface area contributed by atoms with E-state index in [9.17, 15) is 14.7 Å². The van der Waals surface area contributed by atoms with E-state index in [1.807, 2.05) is 0 Å². The molecule has 0 spiro atoms. The summed E-state index contributed by atoms with van der Waals surface area (Å²) in [6, 6.07) is 0. The van der Waals surface area contributed by atoms with Gasteiger partial charge in [0.05, 0.1) is 19.0 Å². The average Bonchev–Trinajstić information content (AvgIpc) is 2.59. The van der Waals surface area contributed by atoms with Crippen LogP contribution >= 0.6 is 0 Å². The molecule has 0 saturated heterocycles. The molecule has 0 aliphatic heterocycles. The van der Waals surface area contributed by atoms with Crippen molar-refractivity contribution in [3.63, 3.8) is 0 Å². The molecule has 94 valence electrons. The molecule has 1 aromatic rings. The van der Waals surface area contributed by atoms with Gasteiger partial charge in [-0.3, -0.25) is 9.48 Å². The number of methoxy groups -OCH3 is 1. The van der Waals surface area contributed by atoms with Crippen molar-refractivity contribution in [3.05, 3.63) is 17.5 Å². The first kappa shape index (κ1) is 13.2. The SMILES string of the molecule is COC(=O)c1cnn(C)c1C(C(=O)O)C(C)C. The van der Waals surface area contributed by atoms with Crippen molar-refractivity contribution < 1.29 is 19.4 Å². The molecule has 0 aliphatic carbocycles. The molecule has 0 aromatic carbocycles. The zero-order valence-corrected chi connectivity index (χ0v) is 10.3. The summed E-state index contributed by atoms with van der Waals surface area (Å²) in [7, 11) is 2.87. The number of carbonyl (C=O) groups is 2. The van der Waals surface area contributed by atoms with Crippen molar-refractivity contribution in [2.45, 2.75) is 19.8 Å². The van der Waals surface area contributed by atoms with Crippen molar-refractivity contribution in [1.29, 1.82) is 0 Å². The second-order valence-corrected chi connectivity index (χ2v) is 4.12. The van der Waals surface area contributed by atoms with Gasteiger partial charge in [0.1, 0.15) is 11.5 Å². The third kappa shape index (κ3) is 2.46. The highest BCUT2D eigenvalue weighted by atomic mass is 16.5. The highest BCUT2D eigenvalue weighted by Crippen LogP contribution is 2.27. The van der Waals surface area contributed by atoms with E-state index in [-0.39, 0.29) is 11.5 Å². The van der Waals surface area contributed by atoms with Crippen molar-refractivity contribution >= 4 is 11.9 Å². The Morgan fingerprint density at radius 1 is 1.47 bits per heavy atom. The molecular formula is C11H16N2O4. The van der Waals surface area contributed by atoms with Crippen LogP contribution in [0.2, 0.25) is 0 Å². The Morgan fingerprint density at radius 3 is 2.47 bits per heavy atom. The predicted molar refractivity (Wildman–Crippen MR) is 59.8 cm³/mol. The van der Waals surface area contributed by atoms with E-state index in [2.05, 4.69) is 9.84 Å². The number of nitrogens with zero attached hydrogens (tertiary/aromatic N) is 2. The quantitative estimate of drug-likeness (QED) is 0.795. The number of aryl methyl sites for hydroxylation is 1. The van der Waals surface area contributed by atoms with Gasteiger partial charge in [0.15, 0.2) is 0 Å². The number of esters is 1. The number of carboxylic acid groups (broad SMARTS) is 1. The van der Waals surface area contributed by atoms with Crippen LogP contribution in [0.3, 0.4) is 0 Å². The predicted octanol–water partition coefficient (Wildman–Crippen LogP) is 1.03. The fourth-order valence-electron chi connectivity index (χ4n) is 1.80. The Balaban J connectivity index is 3.32. The van der Waals surface area contributed by atoms with Gasteiger partial charge in [0.2, 0.25) is 0 Å². The number of ether oxygens (including phenoxy) is 1. The van der Waals surface area contributed by atoms with Crippen LogP contribution in [0.1, 0.15) is 35.8 Å². The molecule has 1 aromatic heterocycles. The average molecular weight is 240 g/mol. The molecule has 0 radical (unpaired) electrons. The van der Waals surface area contributed by atoms with Gasteiger partial charge in [-0.1, -0.05) is 13.8 Å².